The largest absolute Gasteiger partial charge is 0.497 e. The quantitative estimate of drug-likeness (QED) is 0.120. The first kappa shape index (κ1) is 35.0. The van der Waals surface area contributed by atoms with Crippen LogP contribution in [0.2, 0.25) is 0 Å². The second kappa shape index (κ2) is 17.1. The molecular formula is C38H42N2O6. The number of benzene rings is 4. The fourth-order valence-electron chi connectivity index (χ4n) is 4.52. The highest BCUT2D eigenvalue weighted by Gasteiger charge is 2.11. The number of ketones is 2. The van der Waals surface area contributed by atoms with Gasteiger partial charge >= 0.3 is 0 Å². The van der Waals surface area contributed by atoms with Gasteiger partial charge in [0.05, 0.1) is 28.4 Å². The number of ether oxygens (including phenoxy) is 4. The Kier molecular flexibility index (Phi) is 13.0. The van der Waals surface area contributed by atoms with E-state index in [1.165, 1.54) is 0 Å². The average Bonchev–Trinajstić information content (AvgIpc) is 3.09. The first-order chi connectivity index (χ1) is 22.1. The van der Waals surface area contributed by atoms with E-state index in [4.69, 9.17) is 18.9 Å². The van der Waals surface area contributed by atoms with Gasteiger partial charge in [-0.15, -0.1) is 0 Å². The van der Waals surface area contributed by atoms with Gasteiger partial charge in [-0.25, -0.2) is 0 Å². The van der Waals surface area contributed by atoms with E-state index >= 15 is 0 Å². The van der Waals surface area contributed by atoms with E-state index in [9.17, 15) is 9.59 Å². The van der Waals surface area contributed by atoms with Gasteiger partial charge < -0.3 is 28.7 Å². The number of hydrogen-bond donors (Lipinski definition) is 0. The third kappa shape index (κ3) is 9.75. The molecule has 0 N–H and O–H groups in total. The van der Waals surface area contributed by atoms with Crippen molar-refractivity contribution in [3.8, 4) is 23.0 Å². The Balaban J connectivity index is 0.000000250. The zero-order valence-electron chi connectivity index (χ0n) is 27.7. The SMILES string of the molecule is COc1cc(/C=C/C(=O)c2ccccc2N(C)C)cc(OC)c1.COc1cc(/C=C/C(=O)c2ccccc2N(C)C)cc(OC)c1. The maximum absolute atomic E-state index is 12.5. The molecule has 4 aromatic carbocycles. The molecule has 0 spiro atoms. The van der Waals surface area contributed by atoms with Gasteiger partial charge in [-0.05, 0) is 71.8 Å². The predicted molar refractivity (Wildman–Crippen MR) is 187 cm³/mol. The van der Waals surface area contributed by atoms with Gasteiger partial charge in [-0.3, -0.25) is 9.59 Å². The minimum Gasteiger partial charge on any atom is -0.497 e. The van der Waals surface area contributed by atoms with Crippen LogP contribution in [0.5, 0.6) is 23.0 Å². The summed E-state index contributed by atoms with van der Waals surface area (Å²) in [6.45, 7) is 0. The second-order valence-corrected chi connectivity index (χ2v) is 10.5. The molecule has 0 amide bonds. The normalized spacial score (nSPS) is 10.6. The zero-order chi connectivity index (χ0) is 33.6. The number of hydrogen-bond acceptors (Lipinski definition) is 8. The molecule has 0 heterocycles. The van der Waals surface area contributed by atoms with Crippen molar-refractivity contribution < 1.29 is 28.5 Å². The molecule has 0 aliphatic carbocycles. The van der Waals surface area contributed by atoms with E-state index < -0.39 is 0 Å². The van der Waals surface area contributed by atoms with Crippen molar-refractivity contribution in [1.82, 2.24) is 0 Å². The Morgan fingerprint density at radius 1 is 0.500 bits per heavy atom. The number of carbonyl (C=O) groups excluding carboxylic acids is 2. The summed E-state index contributed by atoms with van der Waals surface area (Å²) in [6.07, 6.45) is 6.66. The highest BCUT2D eigenvalue weighted by molar-refractivity contribution is 6.11. The Labute approximate surface area is 272 Å². The standard InChI is InChI=1S/2C19H21NO3/c2*1-20(2)18-8-6-5-7-17(18)19(21)10-9-14-11-15(22-3)13-16(12-14)23-4/h2*5-13H,1-4H3/b2*10-9+. The summed E-state index contributed by atoms with van der Waals surface area (Å²) in [5.74, 6) is 2.65. The first-order valence-electron chi connectivity index (χ1n) is 14.5. The molecule has 0 saturated carbocycles. The highest BCUT2D eigenvalue weighted by atomic mass is 16.5. The van der Waals surface area contributed by atoms with Crippen molar-refractivity contribution >= 4 is 35.1 Å². The molecule has 240 valence electrons. The number of rotatable bonds is 12. The number of anilines is 2. The maximum atomic E-state index is 12.5. The van der Waals surface area contributed by atoms with E-state index in [2.05, 4.69) is 0 Å². The molecule has 0 radical (unpaired) electrons. The van der Waals surface area contributed by atoms with E-state index in [1.807, 2.05) is 111 Å². The van der Waals surface area contributed by atoms with Crippen molar-refractivity contribution in [3.05, 3.63) is 119 Å². The van der Waals surface area contributed by atoms with E-state index in [0.29, 0.717) is 34.1 Å². The molecule has 0 aliphatic rings. The minimum absolute atomic E-state index is 0.0453. The topological polar surface area (TPSA) is 77.5 Å². The van der Waals surface area contributed by atoms with Gasteiger partial charge in [-0.1, -0.05) is 36.4 Å². The van der Waals surface area contributed by atoms with Crippen LogP contribution in [-0.2, 0) is 0 Å². The monoisotopic (exact) mass is 622 g/mol. The third-order valence-corrected chi connectivity index (χ3v) is 6.90. The molecule has 0 unspecified atom stereocenters. The number of carbonyl (C=O) groups is 2. The van der Waals surface area contributed by atoms with Gasteiger partial charge in [0.2, 0.25) is 0 Å². The summed E-state index contributed by atoms with van der Waals surface area (Å²) in [7, 11) is 14.1. The lowest BCUT2D eigenvalue weighted by atomic mass is 10.1. The highest BCUT2D eigenvalue weighted by Crippen LogP contribution is 2.26. The third-order valence-electron chi connectivity index (χ3n) is 6.90. The molecule has 0 atom stereocenters. The van der Waals surface area contributed by atoms with E-state index in [0.717, 1.165) is 22.5 Å². The predicted octanol–water partition coefficient (Wildman–Crippen LogP) is 7.33. The van der Waals surface area contributed by atoms with Gasteiger partial charge in [0, 0.05) is 62.8 Å². The Morgan fingerprint density at radius 2 is 0.804 bits per heavy atom. The Hall–Kier alpha value is -5.50. The van der Waals surface area contributed by atoms with Crippen molar-refractivity contribution in [2.45, 2.75) is 0 Å². The maximum Gasteiger partial charge on any atom is 0.187 e. The van der Waals surface area contributed by atoms with Crippen LogP contribution in [0.25, 0.3) is 12.2 Å². The van der Waals surface area contributed by atoms with Gasteiger partial charge in [0.15, 0.2) is 11.6 Å². The summed E-state index contributed by atoms with van der Waals surface area (Å²) < 4.78 is 20.9. The van der Waals surface area contributed by atoms with Crippen LogP contribution in [-0.4, -0.2) is 68.2 Å². The van der Waals surface area contributed by atoms with Gasteiger partial charge in [-0.2, -0.15) is 0 Å². The Bertz CT molecular complexity index is 1520. The average molecular weight is 623 g/mol. The minimum atomic E-state index is -0.0453. The van der Waals surface area contributed by atoms with E-state index in [-0.39, 0.29) is 11.6 Å². The fourth-order valence-corrected chi connectivity index (χ4v) is 4.52. The zero-order valence-corrected chi connectivity index (χ0v) is 27.7. The first-order valence-corrected chi connectivity index (χ1v) is 14.5. The molecule has 0 aliphatic heterocycles. The van der Waals surface area contributed by atoms with E-state index in [1.54, 1.807) is 64.9 Å². The number of allylic oxidation sites excluding steroid dienone is 2. The molecule has 46 heavy (non-hydrogen) atoms. The van der Waals surface area contributed by atoms with Crippen LogP contribution in [0.4, 0.5) is 11.4 Å². The molecule has 8 nitrogen and oxygen atoms in total. The molecule has 0 saturated heterocycles. The summed E-state index contributed by atoms with van der Waals surface area (Å²) in [4.78, 5) is 28.8. The van der Waals surface area contributed by atoms with Crippen molar-refractivity contribution in [3.63, 3.8) is 0 Å². The van der Waals surface area contributed by atoms with Crippen LogP contribution in [0.1, 0.15) is 31.8 Å². The number of nitrogens with zero attached hydrogens (tertiary/aromatic N) is 2. The number of methoxy groups -OCH3 is 4. The molecule has 0 bridgehead atoms. The van der Waals surface area contributed by atoms with Crippen molar-refractivity contribution in [2.24, 2.45) is 0 Å². The van der Waals surface area contributed by atoms with Gasteiger partial charge in [0.25, 0.3) is 0 Å². The Morgan fingerprint density at radius 3 is 1.09 bits per heavy atom. The summed E-state index contributed by atoms with van der Waals surface area (Å²) in [5.41, 5.74) is 4.82. The molecule has 0 aromatic heterocycles. The lowest BCUT2D eigenvalue weighted by molar-refractivity contribution is 0.104. The van der Waals surface area contributed by atoms with Gasteiger partial charge in [0.1, 0.15) is 23.0 Å². The summed E-state index contributed by atoms with van der Waals surface area (Å²) in [5, 5.41) is 0. The smallest absolute Gasteiger partial charge is 0.187 e. The molecular weight excluding hydrogens is 580 g/mol. The fraction of sp³-hybridized carbons (Fsp3) is 0.211. The number of para-hydroxylation sites is 2. The van der Waals surface area contributed by atoms with Crippen LogP contribution in [0.3, 0.4) is 0 Å². The summed E-state index contributed by atoms with van der Waals surface area (Å²) >= 11 is 0. The van der Waals surface area contributed by atoms with Crippen LogP contribution in [0, 0.1) is 0 Å². The molecule has 8 heteroatoms. The van der Waals surface area contributed by atoms with Crippen LogP contribution >= 0.6 is 0 Å². The molecule has 0 fully saturated rings. The van der Waals surface area contributed by atoms with Crippen molar-refractivity contribution in [2.75, 3.05) is 66.4 Å². The molecule has 4 aromatic rings. The van der Waals surface area contributed by atoms with Crippen molar-refractivity contribution in [1.29, 1.82) is 0 Å². The lowest BCUT2D eigenvalue weighted by Crippen LogP contribution is -2.13. The second-order valence-electron chi connectivity index (χ2n) is 10.5. The molecule has 4 rings (SSSR count). The lowest BCUT2D eigenvalue weighted by Gasteiger charge is -2.15. The van der Waals surface area contributed by atoms with Crippen LogP contribution < -0.4 is 28.7 Å². The summed E-state index contributed by atoms with van der Waals surface area (Å²) in [6, 6.07) is 26.1. The van der Waals surface area contributed by atoms with Crippen LogP contribution in [0.15, 0.2) is 97.1 Å².